The van der Waals surface area contributed by atoms with Gasteiger partial charge >= 0.3 is 0 Å². The molecule has 3 rings (SSSR count). The lowest BCUT2D eigenvalue weighted by atomic mass is 10.1. The summed E-state index contributed by atoms with van der Waals surface area (Å²) in [5.74, 6) is -1.98. The van der Waals surface area contributed by atoms with Gasteiger partial charge < -0.3 is 15.0 Å². The highest BCUT2D eigenvalue weighted by atomic mass is 35.5. The van der Waals surface area contributed by atoms with E-state index in [9.17, 15) is 32.5 Å². The number of nitro groups is 1. The van der Waals surface area contributed by atoms with Gasteiger partial charge in [0, 0.05) is 35.3 Å². The van der Waals surface area contributed by atoms with E-state index in [2.05, 4.69) is 5.32 Å². The molecule has 2 amide bonds. The summed E-state index contributed by atoms with van der Waals surface area (Å²) in [5, 5.41) is 14.3. The van der Waals surface area contributed by atoms with E-state index in [0.717, 1.165) is 11.0 Å². The molecular weight excluding hydrogens is 591 g/mol. The van der Waals surface area contributed by atoms with Gasteiger partial charge in [0.2, 0.25) is 11.8 Å². The Hall–Kier alpha value is -4.23. The molecule has 1 N–H and O–H groups in total. The molecule has 3 aromatic carbocycles. The van der Waals surface area contributed by atoms with Gasteiger partial charge in [-0.15, -0.1) is 0 Å². The standard InChI is InChI=1S/C28H30ClFN4O7S/c1-5-31-28(36)19(3)32(16-20-8-6-7-9-23(20)30)27(35)17-33(25-14-21(29)11-13-26(25)41-4)42(39,40)22-12-10-18(2)24(15-22)34(37)38/h6-15,19H,5,16-17H2,1-4H3,(H,31,36)/t19-/m0/s1. The number of aryl methyl sites for hydroxylation is 1. The largest absolute Gasteiger partial charge is 0.495 e. The molecule has 0 unspecified atom stereocenters. The van der Waals surface area contributed by atoms with Crippen molar-refractivity contribution < 1.29 is 32.1 Å². The lowest BCUT2D eigenvalue weighted by molar-refractivity contribution is -0.385. The van der Waals surface area contributed by atoms with Crippen LogP contribution in [0.5, 0.6) is 5.75 Å². The van der Waals surface area contributed by atoms with E-state index in [1.165, 1.54) is 69.5 Å². The molecule has 0 heterocycles. The van der Waals surface area contributed by atoms with Crippen LogP contribution in [0.15, 0.2) is 65.6 Å². The maximum Gasteiger partial charge on any atom is 0.273 e. The SMILES string of the molecule is CCNC(=O)[C@H](C)N(Cc1ccccc1F)C(=O)CN(c1cc(Cl)ccc1OC)S(=O)(=O)c1ccc(C)c([N+](=O)[O-])c1. The summed E-state index contributed by atoms with van der Waals surface area (Å²) in [6.07, 6.45) is 0. The Morgan fingerprint density at radius 2 is 1.83 bits per heavy atom. The van der Waals surface area contributed by atoms with Crippen LogP contribution in [0.2, 0.25) is 5.02 Å². The summed E-state index contributed by atoms with van der Waals surface area (Å²) in [7, 11) is -3.38. The third-order valence-corrected chi connectivity index (χ3v) is 8.46. The molecule has 224 valence electrons. The molecule has 11 nitrogen and oxygen atoms in total. The van der Waals surface area contributed by atoms with Crippen LogP contribution in [0.1, 0.15) is 25.0 Å². The number of hydrogen-bond acceptors (Lipinski definition) is 7. The molecule has 3 aromatic rings. The number of carbonyl (C=O) groups is 2. The van der Waals surface area contributed by atoms with E-state index < -0.39 is 55.7 Å². The summed E-state index contributed by atoms with van der Waals surface area (Å²) in [5.41, 5.74) is -0.232. The zero-order chi connectivity index (χ0) is 31.2. The predicted octanol–water partition coefficient (Wildman–Crippen LogP) is 4.45. The van der Waals surface area contributed by atoms with Crippen LogP contribution in [0.25, 0.3) is 0 Å². The number of sulfonamides is 1. The van der Waals surface area contributed by atoms with E-state index in [1.807, 2.05) is 0 Å². The molecule has 0 bridgehead atoms. The Morgan fingerprint density at radius 3 is 2.45 bits per heavy atom. The van der Waals surface area contributed by atoms with Crippen LogP contribution < -0.4 is 14.4 Å². The first-order valence-electron chi connectivity index (χ1n) is 12.7. The van der Waals surface area contributed by atoms with Gasteiger partial charge in [0.1, 0.15) is 24.2 Å². The predicted molar refractivity (Wildman–Crippen MR) is 155 cm³/mol. The molecule has 42 heavy (non-hydrogen) atoms. The summed E-state index contributed by atoms with van der Waals surface area (Å²) in [6, 6.07) is 12.0. The van der Waals surface area contributed by atoms with Crippen molar-refractivity contribution in [3.05, 3.63) is 92.7 Å². The third kappa shape index (κ3) is 7.15. The van der Waals surface area contributed by atoms with Crippen molar-refractivity contribution in [3.8, 4) is 5.75 Å². The fraction of sp³-hybridized carbons (Fsp3) is 0.286. The van der Waals surface area contributed by atoms with Crippen LogP contribution >= 0.6 is 11.6 Å². The summed E-state index contributed by atoms with van der Waals surface area (Å²) >= 11 is 6.20. The highest BCUT2D eigenvalue weighted by Crippen LogP contribution is 2.36. The highest BCUT2D eigenvalue weighted by Gasteiger charge is 2.35. The van der Waals surface area contributed by atoms with Crippen LogP contribution in [-0.2, 0) is 26.2 Å². The van der Waals surface area contributed by atoms with Gasteiger partial charge in [0.15, 0.2) is 0 Å². The number of amides is 2. The maximum absolute atomic E-state index is 14.6. The van der Waals surface area contributed by atoms with Crippen LogP contribution in [-0.4, -0.2) is 56.3 Å². The number of methoxy groups -OCH3 is 1. The number of benzene rings is 3. The molecule has 0 fully saturated rings. The Bertz CT molecular complexity index is 1600. The van der Waals surface area contributed by atoms with Crippen molar-refractivity contribution in [1.29, 1.82) is 0 Å². The number of halogens is 2. The number of hydrogen-bond donors (Lipinski definition) is 1. The molecule has 0 spiro atoms. The maximum atomic E-state index is 14.6. The van der Waals surface area contributed by atoms with Gasteiger partial charge in [-0.2, -0.15) is 0 Å². The third-order valence-electron chi connectivity index (χ3n) is 6.47. The summed E-state index contributed by atoms with van der Waals surface area (Å²) in [6.45, 7) is 3.62. The van der Waals surface area contributed by atoms with Gasteiger partial charge in [-0.1, -0.05) is 35.9 Å². The molecule has 0 aliphatic rings. The second-order valence-electron chi connectivity index (χ2n) is 9.22. The zero-order valence-electron chi connectivity index (χ0n) is 23.3. The van der Waals surface area contributed by atoms with E-state index in [1.54, 1.807) is 13.0 Å². The zero-order valence-corrected chi connectivity index (χ0v) is 24.9. The first-order chi connectivity index (χ1) is 19.8. The fourth-order valence-electron chi connectivity index (χ4n) is 4.16. The van der Waals surface area contributed by atoms with E-state index in [0.29, 0.717) is 4.31 Å². The van der Waals surface area contributed by atoms with Crippen LogP contribution in [0.4, 0.5) is 15.8 Å². The molecule has 0 aromatic heterocycles. The number of anilines is 1. The number of carbonyl (C=O) groups excluding carboxylic acids is 2. The quantitative estimate of drug-likeness (QED) is 0.233. The normalized spacial score (nSPS) is 11.9. The minimum atomic E-state index is -4.67. The Kier molecular flexibility index (Phi) is 10.5. The summed E-state index contributed by atoms with van der Waals surface area (Å²) in [4.78, 5) is 38.2. The lowest BCUT2D eigenvalue weighted by Crippen LogP contribution is -2.51. The second kappa shape index (κ2) is 13.6. The van der Waals surface area contributed by atoms with Crippen molar-refractivity contribution in [1.82, 2.24) is 10.2 Å². The lowest BCUT2D eigenvalue weighted by Gasteiger charge is -2.32. The van der Waals surface area contributed by atoms with Gasteiger partial charge in [-0.25, -0.2) is 12.8 Å². The Balaban J connectivity index is 2.17. The average molecular weight is 621 g/mol. The smallest absolute Gasteiger partial charge is 0.273 e. The van der Waals surface area contributed by atoms with Crippen LogP contribution in [0.3, 0.4) is 0 Å². The fourth-order valence-corrected chi connectivity index (χ4v) is 5.76. The van der Waals surface area contributed by atoms with Crippen molar-refractivity contribution in [3.63, 3.8) is 0 Å². The van der Waals surface area contributed by atoms with Crippen LogP contribution in [0, 0.1) is 22.9 Å². The van der Waals surface area contributed by atoms with Crippen molar-refractivity contribution in [2.45, 2.75) is 38.3 Å². The van der Waals surface area contributed by atoms with E-state index in [4.69, 9.17) is 16.3 Å². The molecular formula is C28H30ClFN4O7S. The van der Waals surface area contributed by atoms with Gasteiger partial charge in [-0.3, -0.25) is 24.0 Å². The number of nitrogens with zero attached hydrogens (tertiary/aromatic N) is 3. The highest BCUT2D eigenvalue weighted by molar-refractivity contribution is 7.92. The first-order valence-corrected chi connectivity index (χ1v) is 14.6. The van der Waals surface area contributed by atoms with Crippen molar-refractivity contribution >= 4 is 44.8 Å². The molecule has 14 heteroatoms. The first kappa shape index (κ1) is 32.3. The monoisotopic (exact) mass is 620 g/mol. The number of nitro benzene ring substituents is 1. The molecule has 0 aliphatic heterocycles. The van der Waals surface area contributed by atoms with Crippen molar-refractivity contribution in [2.24, 2.45) is 0 Å². The number of nitrogens with one attached hydrogen (secondary N) is 1. The number of rotatable bonds is 12. The minimum Gasteiger partial charge on any atom is -0.495 e. The van der Waals surface area contributed by atoms with Gasteiger partial charge in [-0.05, 0) is 51.1 Å². The average Bonchev–Trinajstić information content (AvgIpc) is 2.95. The van der Waals surface area contributed by atoms with Crippen molar-refractivity contribution in [2.75, 3.05) is 24.5 Å². The molecule has 0 aliphatic carbocycles. The molecule has 1 atom stereocenters. The van der Waals surface area contributed by atoms with Gasteiger partial charge in [0.05, 0.1) is 22.6 Å². The Morgan fingerprint density at radius 1 is 1.14 bits per heavy atom. The number of ether oxygens (including phenoxy) is 1. The molecule has 0 saturated heterocycles. The van der Waals surface area contributed by atoms with Gasteiger partial charge in [0.25, 0.3) is 15.7 Å². The molecule has 0 saturated carbocycles. The minimum absolute atomic E-state index is 0.0369. The van der Waals surface area contributed by atoms with E-state index >= 15 is 0 Å². The number of likely N-dealkylation sites (N-methyl/N-ethyl adjacent to an activating group) is 1. The second-order valence-corrected chi connectivity index (χ2v) is 11.5. The van der Waals surface area contributed by atoms with E-state index in [-0.39, 0.29) is 40.7 Å². The molecule has 0 radical (unpaired) electrons. The topological polar surface area (TPSA) is 139 Å². The summed E-state index contributed by atoms with van der Waals surface area (Å²) < 4.78 is 48.8. The Labute approximate surface area is 248 Å².